The largest absolute Gasteiger partial charge is 0.362 e. The van der Waals surface area contributed by atoms with Crippen LogP contribution in [0.4, 0.5) is 0 Å². The molecule has 2 rings (SSSR count). The first-order valence-electron chi connectivity index (χ1n) is 5.09. The standard InChI is InChI=1S/C11H15N3S/c1-8-3-4-10(5-12-8)6-13-11-14-9(2)7-15-11/h3-5,9H,6-7H2,1-2H3,(H,13,14). The average molecular weight is 221 g/mol. The minimum absolute atomic E-state index is 0.546. The second-order valence-electron chi connectivity index (χ2n) is 3.79. The van der Waals surface area contributed by atoms with Gasteiger partial charge in [-0.3, -0.25) is 9.98 Å². The molecule has 1 aromatic rings. The van der Waals surface area contributed by atoms with E-state index >= 15 is 0 Å². The number of aromatic nitrogens is 1. The maximum Gasteiger partial charge on any atom is 0.157 e. The van der Waals surface area contributed by atoms with Crippen LogP contribution in [0.2, 0.25) is 0 Å². The van der Waals surface area contributed by atoms with Crippen LogP contribution in [0, 0.1) is 6.92 Å². The Morgan fingerprint density at radius 2 is 2.47 bits per heavy atom. The lowest BCUT2D eigenvalue weighted by Crippen LogP contribution is -2.23. The van der Waals surface area contributed by atoms with Crippen molar-refractivity contribution in [1.29, 1.82) is 0 Å². The molecule has 1 aliphatic heterocycles. The van der Waals surface area contributed by atoms with Gasteiger partial charge in [0.1, 0.15) is 0 Å². The third-order valence-electron chi connectivity index (χ3n) is 2.22. The van der Waals surface area contributed by atoms with Crippen LogP contribution in [-0.2, 0) is 6.54 Å². The van der Waals surface area contributed by atoms with Crippen LogP contribution in [0.5, 0.6) is 0 Å². The van der Waals surface area contributed by atoms with E-state index in [9.17, 15) is 0 Å². The number of aryl methyl sites for hydroxylation is 1. The van der Waals surface area contributed by atoms with Gasteiger partial charge in [0.15, 0.2) is 5.17 Å². The van der Waals surface area contributed by atoms with Crippen molar-refractivity contribution in [1.82, 2.24) is 10.3 Å². The zero-order valence-corrected chi connectivity index (χ0v) is 9.84. The maximum absolute atomic E-state index is 4.50. The summed E-state index contributed by atoms with van der Waals surface area (Å²) in [6.45, 7) is 4.88. The highest BCUT2D eigenvalue weighted by Crippen LogP contribution is 2.13. The van der Waals surface area contributed by atoms with Crippen LogP contribution in [-0.4, -0.2) is 21.9 Å². The van der Waals surface area contributed by atoms with Gasteiger partial charge in [0.25, 0.3) is 0 Å². The Kier molecular flexibility index (Phi) is 3.26. The first-order valence-corrected chi connectivity index (χ1v) is 6.08. The molecule has 80 valence electrons. The van der Waals surface area contributed by atoms with Crippen molar-refractivity contribution < 1.29 is 0 Å². The lowest BCUT2D eigenvalue weighted by atomic mass is 10.2. The third kappa shape index (κ3) is 2.96. The van der Waals surface area contributed by atoms with Crippen molar-refractivity contribution in [2.24, 2.45) is 4.99 Å². The van der Waals surface area contributed by atoms with Gasteiger partial charge in [0.2, 0.25) is 0 Å². The summed E-state index contributed by atoms with van der Waals surface area (Å²) in [6, 6.07) is 4.65. The molecule has 4 heteroatoms. The van der Waals surface area contributed by atoms with Gasteiger partial charge in [-0.2, -0.15) is 0 Å². The zero-order valence-electron chi connectivity index (χ0n) is 9.03. The zero-order chi connectivity index (χ0) is 10.7. The van der Waals surface area contributed by atoms with Gasteiger partial charge < -0.3 is 5.32 Å². The smallest absolute Gasteiger partial charge is 0.157 e. The van der Waals surface area contributed by atoms with E-state index in [4.69, 9.17) is 0 Å². The van der Waals surface area contributed by atoms with E-state index in [0.29, 0.717) is 6.04 Å². The number of pyridine rings is 1. The summed E-state index contributed by atoms with van der Waals surface area (Å²) in [6.07, 6.45) is 1.89. The Morgan fingerprint density at radius 1 is 1.60 bits per heavy atom. The maximum atomic E-state index is 4.50. The molecule has 1 unspecified atom stereocenters. The van der Waals surface area contributed by atoms with Crippen molar-refractivity contribution in [3.05, 3.63) is 29.6 Å². The molecular formula is C11H15N3S. The van der Waals surface area contributed by atoms with Gasteiger partial charge in [-0.05, 0) is 25.5 Å². The fourth-order valence-electron chi connectivity index (χ4n) is 1.34. The summed E-state index contributed by atoms with van der Waals surface area (Å²) in [7, 11) is 0. The van der Waals surface area contributed by atoms with Crippen LogP contribution in [0.3, 0.4) is 0 Å². The van der Waals surface area contributed by atoms with E-state index in [2.05, 4.69) is 28.3 Å². The lowest BCUT2D eigenvalue weighted by Gasteiger charge is -2.01. The van der Waals surface area contributed by atoms with Gasteiger partial charge in [-0.15, -0.1) is 0 Å². The van der Waals surface area contributed by atoms with Crippen LogP contribution in [0.1, 0.15) is 18.2 Å². The number of nitrogens with zero attached hydrogens (tertiary/aromatic N) is 2. The minimum atomic E-state index is 0.546. The molecule has 0 amide bonds. The van der Waals surface area contributed by atoms with Gasteiger partial charge in [0.05, 0.1) is 6.54 Å². The van der Waals surface area contributed by atoms with Gasteiger partial charge in [-0.25, -0.2) is 0 Å². The molecule has 3 nitrogen and oxygen atoms in total. The number of rotatable bonds is 2. The summed E-state index contributed by atoms with van der Waals surface area (Å²) in [5.41, 5.74) is 2.21. The minimum Gasteiger partial charge on any atom is -0.362 e. The van der Waals surface area contributed by atoms with Crippen molar-refractivity contribution in [3.63, 3.8) is 0 Å². The molecule has 1 atom stereocenters. The molecule has 2 heterocycles. The van der Waals surface area contributed by atoms with Crippen molar-refractivity contribution in [2.45, 2.75) is 26.4 Å². The second-order valence-corrected chi connectivity index (χ2v) is 4.79. The molecule has 15 heavy (non-hydrogen) atoms. The molecule has 0 aromatic carbocycles. The molecular weight excluding hydrogens is 206 g/mol. The number of nitrogens with one attached hydrogen (secondary N) is 1. The van der Waals surface area contributed by atoms with Gasteiger partial charge in [-0.1, -0.05) is 17.8 Å². The highest BCUT2D eigenvalue weighted by Gasteiger charge is 2.14. The number of amidine groups is 1. The summed E-state index contributed by atoms with van der Waals surface area (Å²) >= 11 is 1.79. The highest BCUT2D eigenvalue weighted by atomic mass is 32.2. The SMILES string of the molecule is Cc1ccc(CN=C2NC(C)CS2)cn1. The molecule has 1 aromatic heterocycles. The predicted octanol–water partition coefficient (Wildman–Crippen LogP) is 1.97. The van der Waals surface area contributed by atoms with E-state index < -0.39 is 0 Å². The molecule has 0 aliphatic carbocycles. The number of aliphatic imine (C=N–C) groups is 1. The topological polar surface area (TPSA) is 37.3 Å². The molecule has 1 N–H and O–H groups in total. The molecule has 0 spiro atoms. The summed E-state index contributed by atoms with van der Waals surface area (Å²) in [5, 5.41) is 4.39. The Bertz CT molecular complexity index is 359. The Morgan fingerprint density at radius 3 is 3.07 bits per heavy atom. The Labute approximate surface area is 94.4 Å². The van der Waals surface area contributed by atoms with E-state index in [1.807, 2.05) is 19.2 Å². The van der Waals surface area contributed by atoms with Crippen LogP contribution >= 0.6 is 11.8 Å². The lowest BCUT2D eigenvalue weighted by molar-refractivity contribution is 0.764. The quantitative estimate of drug-likeness (QED) is 0.829. The summed E-state index contributed by atoms with van der Waals surface area (Å²) in [4.78, 5) is 8.74. The van der Waals surface area contributed by atoms with E-state index in [1.165, 1.54) is 0 Å². The number of hydrogen-bond donors (Lipinski definition) is 1. The molecule has 0 bridgehead atoms. The van der Waals surface area contributed by atoms with Gasteiger partial charge >= 0.3 is 0 Å². The molecule has 1 fully saturated rings. The van der Waals surface area contributed by atoms with Crippen molar-refractivity contribution in [2.75, 3.05) is 5.75 Å². The van der Waals surface area contributed by atoms with E-state index in [0.717, 1.165) is 28.7 Å². The summed E-state index contributed by atoms with van der Waals surface area (Å²) < 4.78 is 0. The van der Waals surface area contributed by atoms with Crippen LogP contribution in [0.25, 0.3) is 0 Å². The fourth-order valence-corrected chi connectivity index (χ4v) is 2.28. The van der Waals surface area contributed by atoms with E-state index in [-0.39, 0.29) is 0 Å². The number of thioether (sulfide) groups is 1. The summed E-state index contributed by atoms with van der Waals surface area (Å²) in [5.74, 6) is 1.12. The molecule has 0 radical (unpaired) electrons. The Balaban J connectivity index is 1.95. The number of hydrogen-bond acceptors (Lipinski definition) is 3. The van der Waals surface area contributed by atoms with Crippen molar-refractivity contribution in [3.8, 4) is 0 Å². The monoisotopic (exact) mass is 221 g/mol. The predicted molar refractivity (Wildman–Crippen MR) is 65.2 cm³/mol. The highest BCUT2D eigenvalue weighted by molar-refractivity contribution is 8.14. The first-order chi connectivity index (χ1) is 7.24. The average Bonchev–Trinajstić information content (AvgIpc) is 2.64. The third-order valence-corrected chi connectivity index (χ3v) is 3.40. The molecule has 0 saturated carbocycles. The van der Waals surface area contributed by atoms with Crippen LogP contribution < -0.4 is 5.32 Å². The van der Waals surface area contributed by atoms with Gasteiger partial charge in [0, 0.05) is 23.7 Å². The molecule has 1 aliphatic rings. The van der Waals surface area contributed by atoms with E-state index in [1.54, 1.807) is 11.8 Å². The van der Waals surface area contributed by atoms with Crippen molar-refractivity contribution >= 4 is 16.9 Å². The normalized spacial score (nSPS) is 23.1. The molecule has 1 saturated heterocycles. The Hall–Kier alpha value is -1.03. The fraction of sp³-hybridized carbons (Fsp3) is 0.455. The van der Waals surface area contributed by atoms with Crippen LogP contribution in [0.15, 0.2) is 23.3 Å². The first kappa shape index (κ1) is 10.5. The second kappa shape index (κ2) is 4.66.